The molecule has 0 aromatic carbocycles. The minimum atomic E-state index is 0.984. The van der Waals surface area contributed by atoms with Crippen LogP contribution in [0.1, 0.15) is 78.1 Å². The molecule has 0 unspecified atom stereocenters. The zero-order valence-corrected chi connectivity index (χ0v) is 17.4. The summed E-state index contributed by atoms with van der Waals surface area (Å²) in [6.45, 7) is 17.9. The van der Waals surface area contributed by atoms with Gasteiger partial charge in [-0.05, 0) is 78.1 Å². The molecule has 2 heterocycles. The third-order valence-electron chi connectivity index (χ3n) is 7.21. The number of nitrogens with zero attached hydrogens (tertiary/aromatic N) is 2. The molecule has 0 atom stereocenters. The van der Waals surface area contributed by atoms with Gasteiger partial charge in [-0.25, -0.2) is 0 Å². The van der Waals surface area contributed by atoms with Gasteiger partial charge >= 0.3 is 0 Å². The Morgan fingerprint density at radius 1 is 0.560 bits per heavy atom. The van der Waals surface area contributed by atoms with E-state index in [9.17, 15) is 0 Å². The van der Waals surface area contributed by atoms with Crippen molar-refractivity contribution in [1.82, 2.24) is 0 Å². The van der Waals surface area contributed by atoms with Gasteiger partial charge in [0.2, 0.25) is 0 Å². The van der Waals surface area contributed by atoms with Crippen molar-refractivity contribution < 1.29 is 13.7 Å². The number of unbranched alkanes of at least 4 members (excludes halogenated alkanes) is 2. The molecule has 2 aliphatic heterocycles. The van der Waals surface area contributed by atoms with Crippen LogP contribution in [0.15, 0.2) is 0 Å². The molecule has 2 rings (SSSR count). The lowest BCUT2D eigenvalue weighted by Gasteiger charge is -2.41. The fourth-order valence-electron chi connectivity index (χ4n) is 5.17. The Balaban J connectivity index is 1.45. The van der Waals surface area contributed by atoms with Gasteiger partial charge in [-0.2, -0.15) is 0 Å². The summed E-state index contributed by atoms with van der Waals surface area (Å²) >= 11 is 0. The monoisotopic (exact) mass is 354 g/mol. The molecule has 0 N–H and O–H groups in total. The highest BCUT2D eigenvalue weighted by Gasteiger charge is 2.28. The van der Waals surface area contributed by atoms with E-state index in [1.165, 1.54) is 126 Å². The van der Waals surface area contributed by atoms with E-state index in [4.69, 9.17) is 4.74 Å². The van der Waals surface area contributed by atoms with Crippen molar-refractivity contribution in [2.75, 3.05) is 65.6 Å². The van der Waals surface area contributed by atoms with Crippen molar-refractivity contribution in [3.05, 3.63) is 0 Å². The third kappa shape index (κ3) is 7.19. The van der Waals surface area contributed by atoms with Gasteiger partial charge in [0.05, 0.1) is 52.4 Å². The van der Waals surface area contributed by atoms with Crippen LogP contribution in [-0.2, 0) is 4.74 Å². The fraction of sp³-hybridized carbons (Fsp3) is 1.00. The number of rotatable bonds is 12. The van der Waals surface area contributed by atoms with Crippen molar-refractivity contribution in [2.24, 2.45) is 0 Å². The van der Waals surface area contributed by atoms with Crippen molar-refractivity contribution >= 4 is 0 Å². The SMILES string of the molecule is CC[N+]1(CCCCOCCCC[N+]2(CC)CCCCC2)CCCCC1. The molecule has 0 aliphatic carbocycles. The Morgan fingerprint density at radius 3 is 1.32 bits per heavy atom. The molecule has 3 nitrogen and oxygen atoms in total. The van der Waals surface area contributed by atoms with Gasteiger partial charge in [0, 0.05) is 13.2 Å². The van der Waals surface area contributed by atoms with Crippen LogP contribution in [0.4, 0.5) is 0 Å². The number of hydrogen-bond acceptors (Lipinski definition) is 1. The number of piperidine rings is 2. The van der Waals surface area contributed by atoms with Gasteiger partial charge in [-0.1, -0.05) is 0 Å². The van der Waals surface area contributed by atoms with Crippen LogP contribution in [0.5, 0.6) is 0 Å². The second-order valence-corrected chi connectivity index (χ2v) is 8.81. The first-order chi connectivity index (χ1) is 12.2. The summed E-state index contributed by atoms with van der Waals surface area (Å²) in [5.74, 6) is 0. The molecule has 2 saturated heterocycles. The second-order valence-electron chi connectivity index (χ2n) is 8.81. The van der Waals surface area contributed by atoms with Gasteiger partial charge < -0.3 is 13.7 Å². The predicted octanol–water partition coefficient (Wildman–Crippen LogP) is 4.60. The smallest absolute Gasteiger partial charge is 0.0787 e. The molecule has 3 heteroatoms. The zero-order valence-electron chi connectivity index (χ0n) is 17.4. The van der Waals surface area contributed by atoms with E-state index in [-0.39, 0.29) is 0 Å². The van der Waals surface area contributed by atoms with Gasteiger partial charge in [-0.15, -0.1) is 0 Å². The maximum atomic E-state index is 5.93. The first-order valence-corrected chi connectivity index (χ1v) is 11.5. The summed E-state index contributed by atoms with van der Waals surface area (Å²) in [6, 6.07) is 0. The predicted molar refractivity (Wildman–Crippen MR) is 108 cm³/mol. The topological polar surface area (TPSA) is 9.23 Å². The highest BCUT2D eigenvalue weighted by molar-refractivity contribution is 4.55. The van der Waals surface area contributed by atoms with Gasteiger partial charge in [-0.3, -0.25) is 0 Å². The Kier molecular flexibility index (Phi) is 9.80. The van der Waals surface area contributed by atoms with Crippen LogP contribution in [0.2, 0.25) is 0 Å². The number of ether oxygens (including phenoxy) is 1. The molecule has 2 aliphatic rings. The molecular weight excluding hydrogens is 308 g/mol. The molecule has 148 valence electrons. The lowest BCUT2D eigenvalue weighted by Crippen LogP contribution is -2.51. The van der Waals surface area contributed by atoms with E-state index in [1.54, 1.807) is 0 Å². The molecular formula is C22H46N2O+2. The molecule has 0 saturated carbocycles. The Labute approximate surface area is 157 Å². The summed E-state index contributed by atoms with van der Waals surface area (Å²) in [5, 5.41) is 0. The minimum absolute atomic E-state index is 0.984. The van der Waals surface area contributed by atoms with Crippen molar-refractivity contribution in [1.29, 1.82) is 0 Å². The maximum absolute atomic E-state index is 5.93. The molecule has 0 radical (unpaired) electrons. The van der Waals surface area contributed by atoms with Crippen molar-refractivity contribution in [3.8, 4) is 0 Å². The average molecular weight is 355 g/mol. The second kappa shape index (κ2) is 11.6. The van der Waals surface area contributed by atoms with Crippen molar-refractivity contribution in [3.63, 3.8) is 0 Å². The van der Waals surface area contributed by atoms with Crippen LogP contribution in [0.25, 0.3) is 0 Å². The Bertz CT molecular complexity index is 301. The van der Waals surface area contributed by atoms with Crippen LogP contribution in [0, 0.1) is 0 Å². The zero-order chi connectivity index (χ0) is 17.8. The summed E-state index contributed by atoms with van der Waals surface area (Å²) < 4.78 is 8.70. The molecule has 0 aromatic heterocycles. The molecule has 25 heavy (non-hydrogen) atoms. The molecule has 0 bridgehead atoms. The average Bonchev–Trinajstić information content (AvgIpc) is 2.68. The van der Waals surface area contributed by atoms with Crippen LogP contribution >= 0.6 is 0 Å². The highest BCUT2D eigenvalue weighted by Crippen LogP contribution is 2.20. The van der Waals surface area contributed by atoms with E-state index in [1.807, 2.05) is 0 Å². The number of quaternary nitrogens is 2. The number of hydrogen-bond donors (Lipinski definition) is 0. The maximum Gasteiger partial charge on any atom is 0.0787 e. The summed E-state index contributed by atoms with van der Waals surface area (Å²) in [6.07, 6.45) is 13.9. The number of likely N-dealkylation sites (tertiary alicyclic amines) is 2. The molecule has 0 spiro atoms. The highest BCUT2D eigenvalue weighted by atomic mass is 16.5. The van der Waals surface area contributed by atoms with E-state index < -0.39 is 0 Å². The van der Waals surface area contributed by atoms with Gasteiger partial charge in [0.25, 0.3) is 0 Å². The first-order valence-electron chi connectivity index (χ1n) is 11.5. The van der Waals surface area contributed by atoms with E-state index >= 15 is 0 Å². The van der Waals surface area contributed by atoms with Crippen molar-refractivity contribution in [2.45, 2.75) is 78.1 Å². The van der Waals surface area contributed by atoms with E-state index in [0.29, 0.717) is 0 Å². The Hall–Kier alpha value is -0.120. The summed E-state index contributed by atoms with van der Waals surface area (Å²) in [7, 11) is 0. The van der Waals surface area contributed by atoms with Gasteiger partial charge in [0.1, 0.15) is 0 Å². The van der Waals surface area contributed by atoms with Crippen LogP contribution in [0.3, 0.4) is 0 Å². The quantitative estimate of drug-likeness (QED) is 0.367. The molecule has 0 amide bonds. The molecule has 0 aromatic rings. The normalized spacial score (nSPS) is 22.8. The third-order valence-corrected chi connectivity index (χ3v) is 7.21. The van der Waals surface area contributed by atoms with Crippen LogP contribution in [-0.4, -0.2) is 74.5 Å². The minimum Gasteiger partial charge on any atom is -0.381 e. The fourth-order valence-corrected chi connectivity index (χ4v) is 5.17. The summed E-state index contributed by atoms with van der Waals surface area (Å²) in [4.78, 5) is 0. The van der Waals surface area contributed by atoms with E-state index in [0.717, 1.165) is 13.2 Å². The molecule has 2 fully saturated rings. The van der Waals surface area contributed by atoms with E-state index in [2.05, 4.69) is 13.8 Å². The first kappa shape index (κ1) is 21.2. The van der Waals surface area contributed by atoms with Gasteiger partial charge in [0.15, 0.2) is 0 Å². The standard InChI is InChI=1S/C22H46N2O/c1-3-23(15-7-5-8-16-23)19-11-13-21-25-22-14-12-20-24(4-2)17-9-6-10-18-24/h3-22H2,1-2H3/q+2. The largest absolute Gasteiger partial charge is 0.381 e. The lowest BCUT2D eigenvalue weighted by atomic mass is 10.1. The summed E-state index contributed by atoms with van der Waals surface area (Å²) in [5.41, 5.74) is 0. The Morgan fingerprint density at radius 2 is 0.960 bits per heavy atom. The van der Waals surface area contributed by atoms with Crippen LogP contribution < -0.4 is 0 Å². The lowest BCUT2D eigenvalue weighted by molar-refractivity contribution is -0.931.